The fraction of sp³-hybridized carbons (Fsp3) is 0.0833. The second-order valence-electron chi connectivity index (χ2n) is 7.22. The predicted octanol–water partition coefficient (Wildman–Crippen LogP) is 5.79. The monoisotopic (exact) mass is 481 g/mol. The van der Waals surface area contributed by atoms with Crippen LogP contribution < -0.4 is 4.72 Å². The Morgan fingerprint density at radius 3 is 2.82 bits per heavy atom. The number of nitrogens with zero attached hydrogens (tertiary/aromatic N) is 2. The van der Waals surface area contributed by atoms with Crippen molar-refractivity contribution in [1.29, 1.82) is 5.41 Å². The summed E-state index contributed by atoms with van der Waals surface area (Å²) in [6.07, 6.45) is 4.66. The number of pyridine rings is 1. The van der Waals surface area contributed by atoms with Crippen molar-refractivity contribution in [2.24, 2.45) is 4.99 Å². The van der Waals surface area contributed by atoms with E-state index < -0.39 is 28.8 Å². The zero-order valence-corrected chi connectivity index (χ0v) is 18.6. The molecular formula is C24H18F3N5OS. The lowest BCUT2D eigenvalue weighted by molar-refractivity contribution is 0.103. The number of aliphatic imine (C=N–C) groups is 1. The number of benzene rings is 2. The lowest BCUT2D eigenvalue weighted by Crippen LogP contribution is -2.09. The van der Waals surface area contributed by atoms with Crippen molar-refractivity contribution in [3.8, 4) is 0 Å². The summed E-state index contributed by atoms with van der Waals surface area (Å²) in [5.41, 5.74) is 0.207. The fourth-order valence-corrected chi connectivity index (χ4v) is 3.98. The minimum Gasteiger partial charge on any atom is -0.345 e. The maximum Gasteiger partial charge on any atom is 0.201 e. The molecule has 4 aromatic rings. The number of aromatic nitrogens is 2. The molecule has 2 aromatic heterocycles. The highest BCUT2D eigenvalue weighted by Gasteiger charge is 2.25. The van der Waals surface area contributed by atoms with Crippen molar-refractivity contribution in [1.82, 2.24) is 9.97 Å². The van der Waals surface area contributed by atoms with Crippen LogP contribution in [-0.2, 0) is 0 Å². The summed E-state index contributed by atoms with van der Waals surface area (Å²) in [5, 5.41) is 8.49. The van der Waals surface area contributed by atoms with Crippen LogP contribution in [0.25, 0.3) is 11.0 Å². The van der Waals surface area contributed by atoms with Crippen molar-refractivity contribution < 1.29 is 18.0 Å². The van der Waals surface area contributed by atoms with Crippen molar-refractivity contribution in [2.45, 2.75) is 11.3 Å². The largest absolute Gasteiger partial charge is 0.345 e. The topological polar surface area (TPSA) is 94.0 Å². The van der Waals surface area contributed by atoms with Gasteiger partial charge in [-0.15, -0.1) is 0 Å². The number of hydrogen-bond acceptors (Lipinski definition) is 6. The van der Waals surface area contributed by atoms with Crippen LogP contribution in [0, 0.1) is 22.9 Å². The molecule has 2 aromatic carbocycles. The molecule has 4 rings (SSSR count). The third-order valence-corrected chi connectivity index (χ3v) is 5.81. The van der Waals surface area contributed by atoms with E-state index >= 15 is 4.39 Å². The van der Waals surface area contributed by atoms with Crippen LogP contribution in [-0.4, -0.2) is 34.7 Å². The SMILES string of the molecule is CN=CCC(=N)c1cnc2[nH]cc(C(=O)c3c(F)ccc(NSc4cccc(F)c4)c3F)c2c1. The number of halogens is 3. The van der Waals surface area contributed by atoms with Gasteiger partial charge in [-0.2, -0.15) is 0 Å². The van der Waals surface area contributed by atoms with E-state index in [0.29, 0.717) is 21.5 Å². The standard InChI is InChI=1S/C24H18F3N5OS/c1-29-8-7-19(28)13-9-16-17(12-31-24(16)30-11-13)23(33)21-18(26)5-6-20(22(21)27)32-34-15-4-2-3-14(25)10-15/h2-6,8-12,28,32H,7H2,1H3,(H,30,31). The van der Waals surface area contributed by atoms with E-state index in [1.807, 2.05) is 0 Å². The van der Waals surface area contributed by atoms with Crippen LogP contribution in [0.4, 0.5) is 18.9 Å². The highest BCUT2D eigenvalue weighted by atomic mass is 32.2. The number of aromatic amines is 1. The van der Waals surface area contributed by atoms with E-state index in [-0.39, 0.29) is 23.4 Å². The van der Waals surface area contributed by atoms with Crippen LogP contribution in [0.3, 0.4) is 0 Å². The zero-order chi connectivity index (χ0) is 24.2. The molecule has 0 fully saturated rings. The molecule has 0 bridgehead atoms. The molecule has 0 saturated carbocycles. The highest BCUT2D eigenvalue weighted by Crippen LogP contribution is 2.30. The minimum absolute atomic E-state index is 0.0223. The first-order valence-corrected chi connectivity index (χ1v) is 10.9. The second-order valence-corrected chi connectivity index (χ2v) is 8.10. The summed E-state index contributed by atoms with van der Waals surface area (Å²) in [6.45, 7) is 0. The van der Waals surface area contributed by atoms with Gasteiger partial charge >= 0.3 is 0 Å². The molecule has 0 atom stereocenters. The van der Waals surface area contributed by atoms with E-state index in [1.165, 1.54) is 36.7 Å². The first kappa shape index (κ1) is 23.2. The Balaban J connectivity index is 1.67. The van der Waals surface area contributed by atoms with Crippen molar-refractivity contribution >= 4 is 46.4 Å². The number of fused-ring (bicyclic) bond motifs is 1. The van der Waals surface area contributed by atoms with E-state index in [9.17, 15) is 13.6 Å². The predicted molar refractivity (Wildman–Crippen MR) is 128 cm³/mol. The lowest BCUT2D eigenvalue weighted by atomic mass is 10.00. The highest BCUT2D eigenvalue weighted by molar-refractivity contribution is 8.00. The molecule has 0 aliphatic carbocycles. The van der Waals surface area contributed by atoms with Gasteiger partial charge in [0.1, 0.15) is 17.3 Å². The second kappa shape index (κ2) is 9.92. The number of anilines is 1. The maximum atomic E-state index is 15.2. The molecule has 34 heavy (non-hydrogen) atoms. The summed E-state index contributed by atoms with van der Waals surface area (Å²) in [7, 11) is 1.60. The van der Waals surface area contributed by atoms with Gasteiger partial charge in [0.15, 0.2) is 5.82 Å². The van der Waals surface area contributed by atoms with Gasteiger partial charge in [-0.3, -0.25) is 4.79 Å². The van der Waals surface area contributed by atoms with Crippen LogP contribution >= 0.6 is 11.9 Å². The molecule has 0 aliphatic rings. The molecule has 0 radical (unpaired) electrons. The number of ketones is 1. The first-order valence-electron chi connectivity index (χ1n) is 10.1. The molecule has 0 aliphatic heterocycles. The van der Waals surface area contributed by atoms with Crippen molar-refractivity contribution in [2.75, 3.05) is 11.8 Å². The van der Waals surface area contributed by atoms with Crippen LogP contribution in [0.2, 0.25) is 0 Å². The minimum atomic E-state index is -1.07. The van der Waals surface area contributed by atoms with Crippen molar-refractivity contribution in [3.05, 3.63) is 89.0 Å². The van der Waals surface area contributed by atoms with Gasteiger partial charge in [0.25, 0.3) is 0 Å². The molecular weight excluding hydrogens is 463 g/mol. The Morgan fingerprint density at radius 2 is 2.06 bits per heavy atom. The molecule has 0 spiro atoms. The van der Waals surface area contributed by atoms with Crippen LogP contribution in [0.15, 0.2) is 64.7 Å². The Labute approximate surface area is 197 Å². The summed E-state index contributed by atoms with van der Waals surface area (Å²) in [4.78, 5) is 24.6. The van der Waals surface area contributed by atoms with Crippen molar-refractivity contribution in [3.63, 3.8) is 0 Å². The fourth-order valence-electron chi connectivity index (χ4n) is 3.28. The Hall–Kier alpha value is -3.92. The van der Waals surface area contributed by atoms with Gasteiger partial charge in [0.2, 0.25) is 5.78 Å². The number of nitrogens with one attached hydrogen (secondary N) is 3. The number of H-pyrrole nitrogens is 1. The molecule has 0 unspecified atom stereocenters. The van der Waals surface area contributed by atoms with Gasteiger partial charge in [-0.05, 0) is 48.3 Å². The summed E-state index contributed by atoms with van der Waals surface area (Å²) in [6, 6.07) is 9.39. The average molecular weight is 482 g/mol. The number of carbonyl (C=O) groups excluding carboxylic acids is 1. The normalized spacial score (nSPS) is 11.3. The molecule has 3 N–H and O–H groups in total. The van der Waals surface area contributed by atoms with Gasteiger partial charge in [-0.1, -0.05) is 6.07 Å². The Bertz CT molecular complexity index is 1430. The van der Waals surface area contributed by atoms with E-state index in [0.717, 1.165) is 18.0 Å². The molecule has 2 heterocycles. The lowest BCUT2D eigenvalue weighted by Gasteiger charge is -2.11. The Kier molecular flexibility index (Phi) is 6.78. The molecule has 0 saturated heterocycles. The van der Waals surface area contributed by atoms with E-state index in [4.69, 9.17) is 5.41 Å². The molecule has 6 nitrogen and oxygen atoms in total. The first-order chi connectivity index (χ1) is 16.4. The van der Waals surface area contributed by atoms with Crippen LogP contribution in [0.1, 0.15) is 27.9 Å². The van der Waals surface area contributed by atoms with Crippen LogP contribution in [0.5, 0.6) is 0 Å². The number of carbonyl (C=O) groups is 1. The molecule has 10 heteroatoms. The third-order valence-electron chi connectivity index (χ3n) is 5.00. The molecule has 0 amide bonds. The zero-order valence-electron chi connectivity index (χ0n) is 17.8. The Morgan fingerprint density at radius 1 is 1.24 bits per heavy atom. The quantitative estimate of drug-likeness (QED) is 0.169. The molecule has 172 valence electrons. The summed E-state index contributed by atoms with van der Waals surface area (Å²) >= 11 is 0.926. The van der Waals surface area contributed by atoms with E-state index in [1.54, 1.807) is 25.4 Å². The van der Waals surface area contributed by atoms with E-state index in [2.05, 4.69) is 19.7 Å². The van der Waals surface area contributed by atoms with Gasteiger partial charge in [-0.25, -0.2) is 18.2 Å². The third kappa shape index (κ3) is 4.72. The summed E-state index contributed by atoms with van der Waals surface area (Å²) < 4.78 is 45.9. The number of rotatable bonds is 8. The smallest absolute Gasteiger partial charge is 0.201 e. The van der Waals surface area contributed by atoms with Gasteiger partial charge in [0, 0.05) is 59.2 Å². The van der Waals surface area contributed by atoms with Gasteiger partial charge in [0.05, 0.1) is 11.3 Å². The number of hydrogen-bond donors (Lipinski definition) is 3. The maximum absolute atomic E-state index is 15.2. The van der Waals surface area contributed by atoms with Gasteiger partial charge < -0.3 is 20.1 Å². The summed E-state index contributed by atoms with van der Waals surface area (Å²) in [5.74, 6) is -3.42. The average Bonchev–Trinajstić information content (AvgIpc) is 3.25.